The molecule has 118 valence electrons. The highest BCUT2D eigenvalue weighted by Gasteiger charge is 2.28. The van der Waals surface area contributed by atoms with E-state index in [0.29, 0.717) is 5.56 Å². The van der Waals surface area contributed by atoms with Crippen LogP contribution in [0, 0.1) is 0 Å². The second-order valence-corrected chi connectivity index (χ2v) is 7.25. The van der Waals surface area contributed by atoms with Crippen LogP contribution < -0.4 is 0 Å². The topological polar surface area (TPSA) is 55.8 Å². The van der Waals surface area contributed by atoms with Crippen molar-refractivity contribution in [2.45, 2.75) is 65.3 Å². The normalized spacial score (nSPS) is 13.3. The van der Waals surface area contributed by atoms with E-state index in [4.69, 9.17) is 9.78 Å². The third-order valence-corrected chi connectivity index (χ3v) is 2.90. The van der Waals surface area contributed by atoms with Crippen LogP contribution in [0.4, 0.5) is 0 Å². The Balaban J connectivity index is 2.89. The van der Waals surface area contributed by atoms with Crippen LogP contribution in [0.5, 0.6) is 0 Å². The first-order valence-electron chi connectivity index (χ1n) is 7.07. The predicted octanol–water partition coefficient (Wildman–Crippen LogP) is 3.62. The Morgan fingerprint density at radius 1 is 0.905 bits per heavy atom. The van der Waals surface area contributed by atoms with Gasteiger partial charge in [0.15, 0.2) is 5.78 Å². The van der Waals surface area contributed by atoms with E-state index in [1.54, 1.807) is 12.1 Å². The molecule has 4 heteroatoms. The molecule has 21 heavy (non-hydrogen) atoms. The van der Waals surface area contributed by atoms with Gasteiger partial charge in [0, 0.05) is 5.56 Å². The van der Waals surface area contributed by atoms with E-state index in [1.807, 2.05) is 46.8 Å². The van der Waals surface area contributed by atoms with Gasteiger partial charge in [0.2, 0.25) is 0 Å². The molecule has 0 saturated heterocycles. The summed E-state index contributed by atoms with van der Waals surface area (Å²) in [5, 5.41) is 9.75. The minimum Gasteiger partial charge on any atom is -0.382 e. The fraction of sp³-hybridized carbons (Fsp3) is 0.588. The van der Waals surface area contributed by atoms with Crippen molar-refractivity contribution in [1.29, 1.82) is 0 Å². The summed E-state index contributed by atoms with van der Waals surface area (Å²) >= 11 is 0. The number of carbonyl (C=O) groups is 1. The van der Waals surface area contributed by atoms with E-state index in [2.05, 4.69) is 0 Å². The van der Waals surface area contributed by atoms with Crippen molar-refractivity contribution in [1.82, 2.24) is 0 Å². The summed E-state index contributed by atoms with van der Waals surface area (Å²) in [6, 6.07) is 7.01. The number of carbonyl (C=O) groups excluding carboxylic acids is 1. The van der Waals surface area contributed by atoms with Gasteiger partial charge in [0.25, 0.3) is 0 Å². The molecule has 0 spiro atoms. The predicted molar refractivity (Wildman–Crippen MR) is 82.0 cm³/mol. The molecule has 0 atom stereocenters. The maximum atomic E-state index is 12.0. The second-order valence-electron chi connectivity index (χ2n) is 7.25. The number of benzene rings is 1. The number of aliphatic hydroxyl groups is 1. The lowest BCUT2D eigenvalue weighted by Crippen LogP contribution is -2.31. The summed E-state index contributed by atoms with van der Waals surface area (Å²) in [6.45, 7) is 12.5. The van der Waals surface area contributed by atoms with Gasteiger partial charge < -0.3 is 5.11 Å². The SMILES string of the molecule is CC(C)(C)OOC(C)(C)c1ccc(C(=O)C(C)(C)O)cc1. The Morgan fingerprint density at radius 2 is 1.38 bits per heavy atom. The van der Waals surface area contributed by atoms with Crippen LogP contribution in [-0.4, -0.2) is 22.1 Å². The molecular formula is C17H26O4. The van der Waals surface area contributed by atoms with Crippen LogP contribution in [0.25, 0.3) is 0 Å². The van der Waals surface area contributed by atoms with Crippen LogP contribution in [0.2, 0.25) is 0 Å². The third kappa shape index (κ3) is 5.23. The number of Topliss-reactive ketones (excluding diaryl/α,β-unsaturated/α-hetero) is 1. The molecule has 0 aliphatic heterocycles. The standard InChI is InChI=1S/C17H26O4/c1-15(2,3)20-21-17(6,7)13-10-8-12(9-11-13)14(18)16(4,5)19/h8-11,19H,1-7H3. The Morgan fingerprint density at radius 3 is 1.76 bits per heavy atom. The van der Waals surface area contributed by atoms with Crippen LogP contribution in [0.1, 0.15) is 64.4 Å². The minimum atomic E-state index is -1.37. The molecule has 1 aromatic rings. The van der Waals surface area contributed by atoms with Crippen molar-refractivity contribution < 1.29 is 19.7 Å². The molecule has 0 bridgehead atoms. The summed E-state index contributed by atoms with van der Waals surface area (Å²) in [7, 11) is 0. The highest BCUT2D eigenvalue weighted by molar-refractivity contribution is 6.01. The summed E-state index contributed by atoms with van der Waals surface area (Å²) in [6.07, 6.45) is 0. The molecule has 0 saturated carbocycles. The van der Waals surface area contributed by atoms with Gasteiger partial charge in [0.1, 0.15) is 11.2 Å². The van der Waals surface area contributed by atoms with Crippen LogP contribution in [-0.2, 0) is 15.4 Å². The number of hydrogen-bond donors (Lipinski definition) is 1. The molecule has 1 rings (SSSR count). The number of rotatable bonds is 5. The van der Waals surface area contributed by atoms with E-state index in [9.17, 15) is 9.90 Å². The Kier molecular flexibility index (Phi) is 4.98. The zero-order chi connectivity index (χ0) is 16.5. The maximum Gasteiger partial charge on any atom is 0.193 e. The second kappa shape index (κ2) is 5.87. The van der Waals surface area contributed by atoms with Crippen molar-refractivity contribution in [3.63, 3.8) is 0 Å². The van der Waals surface area contributed by atoms with E-state index in [1.165, 1.54) is 13.8 Å². The van der Waals surface area contributed by atoms with Crippen molar-refractivity contribution in [2.24, 2.45) is 0 Å². The van der Waals surface area contributed by atoms with Gasteiger partial charge in [-0.05, 0) is 54.0 Å². The fourth-order valence-electron chi connectivity index (χ4n) is 1.65. The van der Waals surface area contributed by atoms with Gasteiger partial charge in [-0.3, -0.25) is 4.79 Å². The molecule has 0 aliphatic rings. The van der Waals surface area contributed by atoms with Crippen LogP contribution in [0.3, 0.4) is 0 Å². The van der Waals surface area contributed by atoms with Crippen molar-refractivity contribution >= 4 is 5.78 Å². The smallest absolute Gasteiger partial charge is 0.193 e. The summed E-state index contributed by atoms with van der Waals surface area (Å²) in [5.74, 6) is -0.307. The fourth-order valence-corrected chi connectivity index (χ4v) is 1.65. The third-order valence-electron chi connectivity index (χ3n) is 2.90. The molecule has 0 unspecified atom stereocenters. The zero-order valence-electron chi connectivity index (χ0n) is 14.0. The van der Waals surface area contributed by atoms with Gasteiger partial charge >= 0.3 is 0 Å². The molecular weight excluding hydrogens is 268 g/mol. The lowest BCUT2D eigenvalue weighted by atomic mass is 9.93. The van der Waals surface area contributed by atoms with E-state index in [0.717, 1.165) is 5.56 Å². The Hall–Kier alpha value is -1.23. The van der Waals surface area contributed by atoms with Gasteiger partial charge in [-0.1, -0.05) is 24.3 Å². The average molecular weight is 294 g/mol. The molecule has 0 radical (unpaired) electrons. The molecule has 1 N–H and O–H groups in total. The molecule has 4 nitrogen and oxygen atoms in total. The quantitative estimate of drug-likeness (QED) is 0.512. The first-order chi connectivity index (χ1) is 9.33. The highest BCUT2D eigenvalue weighted by atomic mass is 17.2. The Bertz CT molecular complexity index is 487. The maximum absolute atomic E-state index is 12.0. The van der Waals surface area contributed by atoms with Gasteiger partial charge in [0.05, 0.1) is 5.60 Å². The van der Waals surface area contributed by atoms with Gasteiger partial charge in [-0.15, -0.1) is 0 Å². The lowest BCUT2D eigenvalue weighted by Gasteiger charge is -2.29. The summed E-state index contributed by atoms with van der Waals surface area (Å²) in [4.78, 5) is 22.9. The zero-order valence-corrected chi connectivity index (χ0v) is 14.0. The van der Waals surface area contributed by atoms with Crippen molar-refractivity contribution in [3.05, 3.63) is 35.4 Å². The number of hydrogen-bond acceptors (Lipinski definition) is 4. The molecule has 0 heterocycles. The van der Waals surface area contributed by atoms with Crippen LogP contribution in [0.15, 0.2) is 24.3 Å². The first-order valence-corrected chi connectivity index (χ1v) is 7.07. The van der Waals surface area contributed by atoms with Crippen LogP contribution >= 0.6 is 0 Å². The monoisotopic (exact) mass is 294 g/mol. The molecule has 0 amide bonds. The van der Waals surface area contributed by atoms with Crippen molar-refractivity contribution in [2.75, 3.05) is 0 Å². The minimum absolute atomic E-state index is 0.307. The van der Waals surface area contributed by atoms with Gasteiger partial charge in [-0.25, -0.2) is 9.78 Å². The molecule has 0 fully saturated rings. The Labute approximate surface area is 127 Å². The van der Waals surface area contributed by atoms with E-state index < -0.39 is 16.8 Å². The summed E-state index contributed by atoms with van der Waals surface area (Å²) in [5.41, 5.74) is -1.04. The van der Waals surface area contributed by atoms with E-state index >= 15 is 0 Å². The first kappa shape index (κ1) is 17.8. The number of ketones is 1. The van der Waals surface area contributed by atoms with Gasteiger partial charge in [-0.2, -0.15) is 0 Å². The van der Waals surface area contributed by atoms with Crippen molar-refractivity contribution in [3.8, 4) is 0 Å². The molecule has 0 aromatic heterocycles. The van der Waals surface area contributed by atoms with E-state index in [-0.39, 0.29) is 5.78 Å². The molecule has 0 aliphatic carbocycles. The highest BCUT2D eigenvalue weighted by Crippen LogP contribution is 2.27. The largest absolute Gasteiger partial charge is 0.382 e. The lowest BCUT2D eigenvalue weighted by molar-refractivity contribution is -0.401. The average Bonchev–Trinajstić information content (AvgIpc) is 2.34. The molecule has 1 aromatic carbocycles. The summed E-state index contributed by atoms with van der Waals surface area (Å²) < 4.78 is 0.